The van der Waals surface area contributed by atoms with Crippen molar-refractivity contribution in [2.75, 3.05) is 42.9 Å². The monoisotopic (exact) mass is 401 g/mol. The molecule has 0 spiro atoms. The van der Waals surface area contributed by atoms with Crippen molar-refractivity contribution in [1.29, 1.82) is 0 Å². The molecule has 0 saturated carbocycles. The van der Waals surface area contributed by atoms with Crippen LogP contribution in [0.2, 0.25) is 5.02 Å². The van der Waals surface area contributed by atoms with Gasteiger partial charge in [0.05, 0.1) is 6.54 Å². The van der Waals surface area contributed by atoms with Crippen LogP contribution in [-0.4, -0.2) is 53.5 Å². The molecule has 1 amide bonds. The van der Waals surface area contributed by atoms with Gasteiger partial charge in [0.15, 0.2) is 0 Å². The minimum atomic E-state index is -0.0150. The number of piperazine rings is 1. The van der Waals surface area contributed by atoms with Crippen molar-refractivity contribution < 1.29 is 4.79 Å². The number of aryl methyl sites for hydroxylation is 2. The third kappa shape index (κ3) is 5.20. The summed E-state index contributed by atoms with van der Waals surface area (Å²) < 4.78 is 0. The smallest absolute Gasteiger partial charge is 0.238 e. The van der Waals surface area contributed by atoms with Gasteiger partial charge in [0.1, 0.15) is 11.6 Å². The number of hydrogen-bond donors (Lipinski definition) is 1. The molecule has 28 heavy (non-hydrogen) atoms. The van der Waals surface area contributed by atoms with Crippen LogP contribution in [0.15, 0.2) is 24.3 Å². The number of benzene rings is 1. The Balaban J connectivity index is 1.55. The average molecular weight is 402 g/mol. The van der Waals surface area contributed by atoms with Crippen LogP contribution < -0.4 is 10.2 Å². The number of anilines is 2. The van der Waals surface area contributed by atoms with Gasteiger partial charge in [0.2, 0.25) is 5.91 Å². The molecular weight excluding hydrogens is 374 g/mol. The van der Waals surface area contributed by atoms with Crippen molar-refractivity contribution in [2.24, 2.45) is 0 Å². The van der Waals surface area contributed by atoms with E-state index in [1.165, 1.54) is 0 Å². The second kappa shape index (κ2) is 8.88. The van der Waals surface area contributed by atoms with Crippen LogP contribution >= 0.6 is 11.6 Å². The number of amides is 1. The molecule has 1 saturated heterocycles. The number of carbonyl (C=O) groups excluding carboxylic acids is 1. The number of nitrogens with one attached hydrogen (secondary N) is 1. The average Bonchev–Trinajstić information content (AvgIpc) is 2.64. The predicted molar refractivity (Wildman–Crippen MR) is 114 cm³/mol. The van der Waals surface area contributed by atoms with Crippen molar-refractivity contribution in [3.8, 4) is 0 Å². The molecular formula is C21H28ClN5O. The van der Waals surface area contributed by atoms with E-state index < -0.39 is 0 Å². The molecule has 3 rings (SSSR count). The maximum absolute atomic E-state index is 12.4. The molecule has 2 heterocycles. The van der Waals surface area contributed by atoms with E-state index in [-0.39, 0.29) is 5.91 Å². The van der Waals surface area contributed by atoms with Gasteiger partial charge in [-0.05, 0) is 31.5 Å². The molecule has 1 aliphatic heterocycles. The zero-order chi connectivity index (χ0) is 20.3. The highest BCUT2D eigenvalue weighted by Crippen LogP contribution is 2.21. The maximum atomic E-state index is 12.4. The number of rotatable bonds is 5. The van der Waals surface area contributed by atoms with Crippen molar-refractivity contribution in [1.82, 2.24) is 14.9 Å². The van der Waals surface area contributed by atoms with Crippen molar-refractivity contribution in [3.63, 3.8) is 0 Å². The first-order valence-corrected chi connectivity index (χ1v) is 10.1. The second-order valence-corrected chi connectivity index (χ2v) is 8.09. The van der Waals surface area contributed by atoms with E-state index in [1.807, 2.05) is 32.0 Å². The first-order chi connectivity index (χ1) is 13.3. The topological polar surface area (TPSA) is 61.4 Å². The Labute approximate surface area is 171 Å². The van der Waals surface area contributed by atoms with Gasteiger partial charge in [-0.2, -0.15) is 0 Å². The van der Waals surface area contributed by atoms with Crippen LogP contribution in [-0.2, 0) is 4.79 Å². The van der Waals surface area contributed by atoms with Gasteiger partial charge in [-0.25, -0.2) is 9.97 Å². The zero-order valence-corrected chi connectivity index (χ0v) is 17.8. The van der Waals surface area contributed by atoms with E-state index in [0.29, 0.717) is 17.5 Å². The third-order valence-electron chi connectivity index (χ3n) is 4.91. The summed E-state index contributed by atoms with van der Waals surface area (Å²) in [6.45, 7) is 11.9. The van der Waals surface area contributed by atoms with Gasteiger partial charge in [-0.3, -0.25) is 9.69 Å². The summed E-state index contributed by atoms with van der Waals surface area (Å²) in [5.74, 6) is 2.15. The van der Waals surface area contributed by atoms with E-state index in [1.54, 1.807) is 6.07 Å². The van der Waals surface area contributed by atoms with Crippen LogP contribution in [0.1, 0.15) is 36.8 Å². The number of carbonyl (C=O) groups is 1. The van der Waals surface area contributed by atoms with Crippen LogP contribution in [0.4, 0.5) is 11.5 Å². The lowest BCUT2D eigenvalue weighted by Gasteiger charge is -2.35. The quantitative estimate of drug-likeness (QED) is 0.828. The molecule has 150 valence electrons. The molecule has 0 aliphatic carbocycles. The van der Waals surface area contributed by atoms with Gasteiger partial charge in [-0.1, -0.05) is 31.5 Å². The molecule has 0 atom stereocenters. The van der Waals surface area contributed by atoms with E-state index in [4.69, 9.17) is 16.6 Å². The largest absolute Gasteiger partial charge is 0.354 e. The Morgan fingerprint density at radius 1 is 1.14 bits per heavy atom. The zero-order valence-electron chi connectivity index (χ0n) is 17.0. The summed E-state index contributed by atoms with van der Waals surface area (Å²) in [5, 5.41) is 3.59. The fourth-order valence-electron chi connectivity index (χ4n) is 3.25. The molecule has 1 fully saturated rings. The second-order valence-electron chi connectivity index (χ2n) is 7.65. The maximum Gasteiger partial charge on any atom is 0.238 e. The molecule has 1 aromatic carbocycles. The van der Waals surface area contributed by atoms with Crippen LogP contribution in [0.3, 0.4) is 0 Å². The minimum absolute atomic E-state index is 0.0150. The summed E-state index contributed by atoms with van der Waals surface area (Å²) in [5.41, 5.74) is 2.77. The normalized spacial score (nSPS) is 15.1. The molecule has 1 aliphatic rings. The molecule has 0 radical (unpaired) electrons. The molecule has 6 nitrogen and oxygen atoms in total. The van der Waals surface area contributed by atoms with E-state index in [9.17, 15) is 4.79 Å². The lowest BCUT2D eigenvalue weighted by molar-refractivity contribution is -0.117. The number of aromatic nitrogens is 2. The lowest BCUT2D eigenvalue weighted by Crippen LogP contribution is -2.49. The Kier molecular flexibility index (Phi) is 6.52. The van der Waals surface area contributed by atoms with Crippen LogP contribution in [0, 0.1) is 13.8 Å². The molecule has 1 N–H and O–H groups in total. The molecule has 2 aromatic rings. The van der Waals surface area contributed by atoms with Crippen LogP contribution in [0.25, 0.3) is 0 Å². The standard InChI is InChI=1S/C21H28ClN5O/c1-14(2)21-23-16(4)11-19(25-21)27-9-7-26(8-10-27)13-20(28)24-18-12-17(22)6-5-15(18)3/h5-6,11-12,14H,7-10,13H2,1-4H3,(H,24,28). The van der Waals surface area contributed by atoms with Gasteiger partial charge in [-0.15, -0.1) is 0 Å². The van der Waals surface area contributed by atoms with Gasteiger partial charge < -0.3 is 10.2 Å². The van der Waals surface area contributed by atoms with Crippen molar-refractivity contribution in [3.05, 3.63) is 46.4 Å². The lowest BCUT2D eigenvalue weighted by atomic mass is 10.2. The fraction of sp³-hybridized carbons (Fsp3) is 0.476. The Morgan fingerprint density at radius 2 is 1.86 bits per heavy atom. The summed E-state index contributed by atoms with van der Waals surface area (Å²) in [6, 6.07) is 7.56. The summed E-state index contributed by atoms with van der Waals surface area (Å²) >= 11 is 6.03. The first-order valence-electron chi connectivity index (χ1n) is 9.70. The molecule has 7 heteroatoms. The first kappa shape index (κ1) is 20.6. The summed E-state index contributed by atoms with van der Waals surface area (Å²) in [4.78, 5) is 26.1. The number of hydrogen-bond acceptors (Lipinski definition) is 5. The van der Waals surface area contributed by atoms with Crippen LogP contribution in [0.5, 0.6) is 0 Å². The SMILES string of the molecule is Cc1cc(N2CCN(CC(=O)Nc3cc(Cl)ccc3C)CC2)nc(C(C)C)n1. The molecule has 0 unspecified atom stereocenters. The van der Waals surface area contributed by atoms with Gasteiger partial charge in [0.25, 0.3) is 0 Å². The van der Waals surface area contributed by atoms with E-state index >= 15 is 0 Å². The third-order valence-corrected chi connectivity index (χ3v) is 5.15. The van der Waals surface area contributed by atoms with Crippen molar-refractivity contribution >= 4 is 29.0 Å². The number of nitrogens with zero attached hydrogens (tertiary/aromatic N) is 4. The van der Waals surface area contributed by atoms with Gasteiger partial charge >= 0.3 is 0 Å². The highest BCUT2D eigenvalue weighted by atomic mass is 35.5. The molecule has 1 aromatic heterocycles. The number of halogens is 1. The van der Waals surface area contributed by atoms with E-state index in [0.717, 1.165) is 54.8 Å². The van der Waals surface area contributed by atoms with Gasteiger partial charge in [0, 0.05) is 54.6 Å². The fourth-order valence-corrected chi connectivity index (χ4v) is 3.42. The Hall–Kier alpha value is -2.18. The van der Waals surface area contributed by atoms with Crippen molar-refractivity contribution in [2.45, 2.75) is 33.6 Å². The summed E-state index contributed by atoms with van der Waals surface area (Å²) in [7, 11) is 0. The highest BCUT2D eigenvalue weighted by Gasteiger charge is 2.21. The predicted octanol–water partition coefficient (Wildman–Crippen LogP) is 3.63. The Morgan fingerprint density at radius 3 is 2.54 bits per heavy atom. The minimum Gasteiger partial charge on any atom is -0.354 e. The summed E-state index contributed by atoms with van der Waals surface area (Å²) in [6.07, 6.45) is 0. The Bertz CT molecular complexity index is 847. The molecule has 0 bridgehead atoms. The highest BCUT2D eigenvalue weighted by molar-refractivity contribution is 6.31. The van der Waals surface area contributed by atoms with E-state index in [2.05, 4.69) is 33.9 Å².